The molecule has 3 nitrogen and oxygen atoms in total. The number of hydrogen-bond donors (Lipinski definition) is 0. The van der Waals surface area contributed by atoms with E-state index in [-0.39, 0.29) is 27.1 Å². The lowest BCUT2D eigenvalue weighted by atomic mass is 9.76. The van der Waals surface area contributed by atoms with E-state index in [1.165, 1.54) is 44.5 Å². The molecule has 0 unspecified atom stereocenters. The van der Waals surface area contributed by atoms with Crippen LogP contribution in [0, 0.1) is 6.92 Å². The average Bonchev–Trinajstić information content (AvgIpc) is 2.82. The Labute approximate surface area is 270 Å². The zero-order valence-electron chi connectivity index (χ0n) is 30.4. The second kappa shape index (κ2) is 11.4. The topological polar surface area (TPSA) is 27.7 Å². The van der Waals surface area contributed by atoms with Crippen molar-refractivity contribution >= 4 is 8.60 Å². The number of benzene rings is 3. The largest absolute Gasteiger partial charge is 0.530 e. The molecule has 0 saturated heterocycles. The van der Waals surface area contributed by atoms with E-state index in [1.54, 1.807) is 0 Å². The van der Waals surface area contributed by atoms with Gasteiger partial charge in [0.15, 0.2) is 0 Å². The summed E-state index contributed by atoms with van der Waals surface area (Å²) in [7, 11) is -1.82. The fourth-order valence-corrected chi connectivity index (χ4v) is 6.93. The third-order valence-electron chi connectivity index (χ3n) is 8.59. The first-order valence-corrected chi connectivity index (χ1v) is 17.3. The van der Waals surface area contributed by atoms with E-state index >= 15 is 0 Å². The number of hydrogen-bond acceptors (Lipinski definition) is 3. The Morgan fingerprint density at radius 1 is 0.523 bits per heavy atom. The van der Waals surface area contributed by atoms with Crippen molar-refractivity contribution in [3.05, 3.63) is 87.0 Å². The van der Waals surface area contributed by atoms with Gasteiger partial charge in [-0.1, -0.05) is 134 Å². The minimum Gasteiger partial charge on any atom is -0.408 e. The van der Waals surface area contributed by atoms with Crippen molar-refractivity contribution in [2.24, 2.45) is 0 Å². The molecule has 1 aliphatic rings. The molecule has 0 N–H and O–H groups in total. The summed E-state index contributed by atoms with van der Waals surface area (Å²) < 4.78 is 20.7. The predicted octanol–water partition coefficient (Wildman–Crippen LogP) is 12.2. The van der Waals surface area contributed by atoms with E-state index in [1.807, 2.05) is 6.07 Å². The van der Waals surface area contributed by atoms with Crippen LogP contribution in [0.25, 0.3) is 0 Å². The van der Waals surface area contributed by atoms with Gasteiger partial charge in [0, 0.05) is 17.5 Å². The molecule has 1 aliphatic heterocycles. The van der Waals surface area contributed by atoms with Crippen LogP contribution in [0.3, 0.4) is 0 Å². The van der Waals surface area contributed by atoms with E-state index < -0.39 is 8.60 Å². The summed E-state index contributed by atoms with van der Waals surface area (Å²) in [5, 5.41) is 0. The van der Waals surface area contributed by atoms with E-state index in [9.17, 15) is 0 Å². The summed E-state index contributed by atoms with van der Waals surface area (Å²) in [5.74, 6) is 2.55. The van der Waals surface area contributed by atoms with E-state index in [4.69, 9.17) is 13.6 Å². The molecule has 44 heavy (non-hydrogen) atoms. The maximum atomic E-state index is 6.96. The zero-order chi connectivity index (χ0) is 33.2. The molecular weight excluding hydrogens is 559 g/mol. The SMILES string of the molecule is Cc1ccc(OP2Oc3c(cc(C(C)(C)C)cc3C(C)(C)C)Cc3cc(C(C)(C)C)cc(C(C)(C)C)c3O2)cc1C(C)(C)C. The van der Waals surface area contributed by atoms with Crippen LogP contribution in [0.4, 0.5) is 0 Å². The van der Waals surface area contributed by atoms with Crippen LogP contribution in [0.2, 0.25) is 0 Å². The van der Waals surface area contributed by atoms with Crippen LogP contribution in [-0.4, -0.2) is 0 Å². The van der Waals surface area contributed by atoms with Crippen LogP contribution in [0.5, 0.6) is 17.2 Å². The van der Waals surface area contributed by atoms with Gasteiger partial charge in [-0.2, -0.15) is 0 Å². The van der Waals surface area contributed by atoms with Gasteiger partial charge in [-0.05, 0) is 79.5 Å². The first kappa shape index (κ1) is 34.4. The monoisotopic (exact) mass is 616 g/mol. The quantitative estimate of drug-likeness (QED) is 0.268. The van der Waals surface area contributed by atoms with Crippen molar-refractivity contribution in [3.63, 3.8) is 0 Å². The Morgan fingerprint density at radius 2 is 0.932 bits per heavy atom. The molecule has 0 amide bonds. The summed E-state index contributed by atoms with van der Waals surface area (Å²) >= 11 is 0. The highest BCUT2D eigenvalue weighted by molar-refractivity contribution is 7.43. The van der Waals surface area contributed by atoms with Crippen molar-refractivity contribution in [1.29, 1.82) is 0 Å². The highest BCUT2D eigenvalue weighted by Gasteiger charge is 2.36. The van der Waals surface area contributed by atoms with Gasteiger partial charge in [0.2, 0.25) is 0 Å². The summed E-state index contributed by atoms with van der Waals surface area (Å²) in [4.78, 5) is 0. The van der Waals surface area contributed by atoms with Gasteiger partial charge in [0.25, 0.3) is 0 Å². The zero-order valence-corrected chi connectivity index (χ0v) is 31.3. The fourth-order valence-electron chi connectivity index (χ4n) is 5.80. The highest BCUT2D eigenvalue weighted by Crippen LogP contribution is 2.53. The smallest absolute Gasteiger partial charge is 0.408 e. The first-order chi connectivity index (χ1) is 19.9. The van der Waals surface area contributed by atoms with E-state index in [2.05, 4.69) is 147 Å². The van der Waals surface area contributed by atoms with Crippen LogP contribution in [0.1, 0.15) is 148 Å². The molecule has 4 rings (SSSR count). The van der Waals surface area contributed by atoms with Crippen molar-refractivity contribution in [1.82, 2.24) is 0 Å². The molecule has 0 aliphatic carbocycles. The molecule has 0 saturated carbocycles. The molecular formula is C40H57O3P. The van der Waals surface area contributed by atoms with Gasteiger partial charge in [0.1, 0.15) is 17.2 Å². The van der Waals surface area contributed by atoms with Crippen LogP contribution >= 0.6 is 8.60 Å². The maximum Gasteiger partial charge on any atom is 0.530 e. The third-order valence-corrected chi connectivity index (χ3v) is 9.61. The molecule has 3 aromatic carbocycles. The Bertz CT molecular complexity index is 1450. The Balaban J connectivity index is 2.02. The summed E-state index contributed by atoms with van der Waals surface area (Å²) in [6, 6.07) is 15.7. The van der Waals surface area contributed by atoms with E-state index in [0.29, 0.717) is 0 Å². The van der Waals surface area contributed by atoms with Crippen LogP contribution < -0.4 is 13.6 Å². The van der Waals surface area contributed by atoms with Crippen LogP contribution in [-0.2, 0) is 33.5 Å². The minimum absolute atomic E-state index is 0.00690. The minimum atomic E-state index is -1.82. The van der Waals surface area contributed by atoms with Gasteiger partial charge in [-0.15, -0.1) is 0 Å². The molecule has 3 aromatic rings. The predicted molar refractivity (Wildman–Crippen MR) is 189 cm³/mol. The highest BCUT2D eigenvalue weighted by atomic mass is 31.2. The third kappa shape index (κ3) is 7.47. The number of fused-ring (bicyclic) bond motifs is 2. The molecule has 1 heterocycles. The summed E-state index contributed by atoms with van der Waals surface area (Å²) in [5.41, 5.74) is 9.59. The lowest BCUT2D eigenvalue weighted by Gasteiger charge is -2.34. The molecule has 0 aromatic heterocycles. The van der Waals surface area contributed by atoms with Crippen molar-refractivity contribution in [2.75, 3.05) is 0 Å². The van der Waals surface area contributed by atoms with Gasteiger partial charge in [-0.3, -0.25) is 0 Å². The van der Waals surface area contributed by atoms with Gasteiger partial charge in [0.05, 0.1) is 0 Å². The molecule has 0 radical (unpaired) electrons. The van der Waals surface area contributed by atoms with Crippen LogP contribution in [0.15, 0.2) is 42.5 Å². The van der Waals surface area contributed by atoms with Crippen molar-refractivity contribution in [2.45, 2.75) is 144 Å². The molecule has 0 fully saturated rings. The fraction of sp³-hybridized carbons (Fsp3) is 0.550. The lowest BCUT2D eigenvalue weighted by molar-refractivity contribution is 0.369. The average molecular weight is 617 g/mol. The normalized spacial score (nSPS) is 15.0. The summed E-state index contributed by atoms with van der Waals surface area (Å²) in [6.07, 6.45) is 0.729. The summed E-state index contributed by atoms with van der Waals surface area (Å²) in [6.45, 7) is 36.2. The molecule has 0 bridgehead atoms. The molecule has 4 heteroatoms. The van der Waals surface area contributed by atoms with Crippen molar-refractivity contribution in [3.8, 4) is 17.2 Å². The Kier molecular flexibility index (Phi) is 8.89. The standard InChI is InChI=1S/C40H57O3P/c1-25-17-18-30(24-31(25)38(8,9)10)41-44-42-34-26(20-28(36(2,3)4)22-32(34)39(11,12)13)19-27-21-29(37(5,6)7)23-33(35(27)43-44)40(14,15)16/h17-18,20-24H,19H2,1-16H3. The molecule has 0 spiro atoms. The Morgan fingerprint density at radius 3 is 1.30 bits per heavy atom. The lowest BCUT2D eigenvalue weighted by Crippen LogP contribution is -2.22. The first-order valence-electron chi connectivity index (χ1n) is 16.2. The Hall–Kier alpha value is -2.51. The second-order valence-electron chi connectivity index (χ2n) is 17.9. The van der Waals surface area contributed by atoms with Gasteiger partial charge in [-0.25, -0.2) is 0 Å². The maximum absolute atomic E-state index is 6.96. The van der Waals surface area contributed by atoms with Gasteiger partial charge < -0.3 is 13.6 Å². The molecule has 240 valence electrons. The second-order valence-corrected chi connectivity index (χ2v) is 18.9. The van der Waals surface area contributed by atoms with Crippen molar-refractivity contribution < 1.29 is 13.6 Å². The number of rotatable bonds is 2. The molecule has 0 atom stereocenters. The number of aryl methyl sites for hydroxylation is 1. The van der Waals surface area contributed by atoms with Gasteiger partial charge >= 0.3 is 8.60 Å². The van der Waals surface area contributed by atoms with E-state index in [0.717, 1.165) is 23.7 Å².